The van der Waals surface area contributed by atoms with Crippen molar-refractivity contribution in [3.8, 4) is 0 Å². The maximum atomic E-state index is 12.7. The number of rotatable bonds is 5. The first kappa shape index (κ1) is 22.5. The maximum Gasteiger partial charge on any atom is 0.230 e. The summed E-state index contributed by atoms with van der Waals surface area (Å²) in [6, 6.07) is 0. The number of ether oxygens (including phenoxy) is 1. The van der Waals surface area contributed by atoms with E-state index in [-0.39, 0.29) is 35.3 Å². The second-order valence-corrected chi connectivity index (χ2v) is 7.23. The molecule has 1 saturated heterocycles. The van der Waals surface area contributed by atoms with Crippen LogP contribution in [0.5, 0.6) is 0 Å². The lowest BCUT2D eigenvalue weighted by Gasteiger charge is -2.36. The Labute approximate surface area is 169 Å². The van der Waals surface area contributed by atoms with Crippen molar-refractivity contribution in [3.63, 3.8) is 0 Å². The van der Waals surface area contributed by atoms with Gasteiger partial charge in [-0.25, -0.2) is 0 Å². The summed E-state index contributed by atoms with van der Waals surface area (Å²) in [4.78, 5) is 21.1. The zero-order valence-corrected chi connectivity index (χ0v) is 18.5. The summed E-state index contributed by atoms with van der Waals surface area (Å²) in [6.07, 6.45) is 6.67. The maximum absolute atomic E-state index is 12.7. The van der Waals surface area contributed by atoms with Crippen LogP contribution in [-0.4, -0.2) is 75.2 Å². The number of nitrogens with zero attached hydrogens (tertiary/aromatic N) is 3. The largest absolute Gasteiger partial charge is 0.378 e. The number of hydrogen-bond donors (Lipinski definition) is 1. The van der Waals surface area contributed by atoms with Gasteiger partial charge in [0.1, 0.15) is 0 Å². The van der Waals surface area contributed by atoms with Crippen molar-refractivity contribution in [1.82, 2.24) is 15.1 Å². The van der Waals surface area contributed by atoms with Crippen molar-refractivity contribution >= 4 is 35.8 Å². The van der Waals surface area contributed by atoms with Crippen LogP contribution in [0, 0.1) is 5.41 Å². The van der Waals surface area contributed by atoms with Crippen LogP contribution in [0.1, 0.15) is 45.4 Å². The molecule has 0 bridgehead atoms. The van der Waals surface area contributed by atoms with Gasteiger partial charge in [-0.3, -0.25) is 9.79 Å². The van der Waals surface area contributed by atoms with E-state index >= 15 is 0 Å². The van der Waals surface area contributed by atoms with Gasteiger partial charge in [0.15, 0.2) is 5.96 Å². The third kappa shape index (κ3) is 5.70. The summed E-state index contributed by atoms with van der Waals surface area (Å²) >= 11 is 0. The second kappa shape index (κ2) is 10.5. The average Bonchev–Trinajstić information content (AvgIpc) is 3.06. The van der Waals surface area contributed by atoms with E-state index in [1.807, 2.05) is 21.1 Å². The van der Waals surface area contributed by atoms with Crippen molar-refractivity contribution in [2.45, 2.75) is 51.6 Å². The van der Waals surface area contributed by atoms with E-state index in [0.29, 0.717) is 12.6 Å². The summed E-state index contributed by atoms with van der Waals surface area (Å²) in [7, 11) is 5.54. The number of aliphatic imine (C=N–C) groups is 1. The fourth-order valence-corrected chi connectivity index (χ4v) is 4.04. The van der Waals surface area contributed by atoms with Gasteiger partial charge in [0.2, 0.25) is 5.91 Å². The van der Waals surface area contributed by atoms with Crippen LogP contribution in [0.15, 0.2) is 4.99 Å². The molecule has 2 rings (SSSR count). The molecule has 146 valence electrons. The van der Waals surface area contributed by atoms with E-state index in [4.69, 9.17) is 4.74 Å². The summed E-state index contributed by atoms with van der Waals surface area (Å²) in [5.41, 5.74) is -0.261. The van der Waals surface area contributed by atoms with Gasteiger partial charge >= 0.3 is 0 Å². The number of piperidine rings is 1. The molecule has 1 amide bonds. The number of hydrogen-bond acceptors (Lipinski definition) is 3. The SMILES string of the molecule is CCOC1CCN(C(=NC)NCC2(C(=O)N(C)C)CCCC2)CC1.I. The third-order valence-corrected chi connectivity index (χ3v) is 5.36. The van der Waals surface area contributed by atoms with Gasteiger partial charge in [-0.1, -0.05) is 12.8 Å². The molecule has 0 radical (unpaired) electrons. The molecular formula is C18H35IN4O2. The van der Waals surface area contributed by atoms with Crippen molar-refractivity contribution in [2.24, 2.45) is 10.4 Å². The first-order chi connectivity index (χ1) is 11.5. The van der Waals surface area contributed by atoms with E-state index in [9.17, 15) is 4.79 Å². The molecule has 2 aliphatic rings. The molecule has 0 aromatic rings. The van der Waals surface area contributed by atoms with Gasteiger partial charge in [-0.15, -0.1) is 24.0 Å². The Balaban J connectivity index is 0.00000312. The standard InChI is InChI=1S/C18H34N4O2.HI/c1-5-24-15-8-12-22(13-9-15)17(19-2)20-14-18(10-6-7-11-18)16(23)21(3)4;/h15H,5-14H2,1-4H3,(H,19,20);1H. The van der Waals surface area contributed by atoms with E-state index in [2.05, 4.69) is 22.1 Å². The Morgan fingerprint density at radius 3 is 2.36 bits per heavy atom. The van der Waals surface area contributed by atoms with Crippen molar-refractivity contribution in [3.05, 3.63) is 0 Å². The molecule has 0 spiro atoms. The average molecular weight is 466 g/mol. The molecule has 1 N–H and O–H groups in total. The zero-order chi connectivity index (χ0) is 17.6. The highest BCUT2D eigenvalue weighted by molar-refractivity contribution is 14.0. The van der Waals surface area contributed by atoms with Gasteiger partial charge in [0, 0.05) is 47.4 Å². The molecule has 0 aromatic heterocycles. The number of nitrogens with one attached hydrogen (secondary N) is 1. The highest BCUT2D eigenvalue weighted by Gasteiger charge is 2.42. The number of halogens is 1. The molecule has 25 heavy (non-hydrogen) atoms. The quantitative estimate of drug-likeness (QED) is 0.384. The summed E-state index contributed by atoms with van der Waals surface area (Å²) < 4.78 is 5.72. The van der Waals surface area contributed by atoms with Gasteiger partial charge < -0.3 is 19.9 Å². The number of carbonyl (C=O) groups is 1. The highest BCUT2D eigenvalue weighted by Crippen LogP contribution is 2.39. The Hall–Kier alpha value is -0.570. The zero-order valence-electron chi connectivity index (χ0n) is 16.2. The van der Waals surface area contributed by atoms with Crippen LogP contribution in [0.4, 0.5) is 0 Å². The number of amides is 1. The third-order valence-electron chi connectivity index (χ3n) is 5.36. The fraction of sp³-hybridized carbons (Fsp3) is 0.889. The lowest BCUT2D eigenvalue weighted by molar-refractivity contribution is -0.138. The van der Waals surface area contributed by atoms with Gasteiger partial charge in [0.25, 0.3) is 0 Å². The predicted octanol–water partition coefficient (Wildman–Crippen LogP) is 2.33. The molecule has 1 aliphatic carbocycles. The number of carbonyl (C=O) groups excluding carboxylic acids is 1. The Bertz CT molecular complexity index is 442. The minimum atomic E-state index is -0.261. The van der Waals surface area contributed by atoms with E-state index in [0.717, 1.165) is 64.2 Å². The monoisotopic (exact) mass is 466 g/mol. The van der Waals surface area contributed by atoms with Crippen molar-refractivity contribution in [1.29, 1.82) is 0 Å². The predicted molar refractivity (Wildman–Crippen MR) is 113 cm³/mol. The summed E-state index contributed by atoms with van der Waals surface area (Å²) in [6.45, 7) is 5.43. The topological polar surface area (TPSA) is 57.2 Å². The minimum absolute atomic E-state index is 0. The smallest absolute Gasteiger partial charge is 0.230 e. The molecule has 1 heterocycles. The van der Waals surface area contributed by atoms with Crippen LogP contribution in [0.25, 0.3) is 0 Å². The van der Waals surface area contributed by atoms with E-state index < -0.39 is 0 Å². The van der Waals surface area contributed by atoms with Crippen LogP contribution >= 0.6 is 24.0 Å². The lowest BCUT2D eigenvalue weighted by atomic mass is 9.84. The molecule has 6 nitrogen and oxygen atoms in total. The van der Waals surface area contributed by atoms with Crippen molar-refractivity contribution < 1.29 is 9.53 Å². The molecule has 1 aliphatic heterocycles. The molecule has 1 saturated carbocycles. The van der Waals surface area contributed by atoms with Crippen LogP contribution in [-0.2, 0) is 9.53 Å². The van der Waals surface area contributed by atoms with E-state index in [1.165, 1.54) is 0 Å². The molecule has 0 aromatic carbocycles. The Kier molecular flexibility index (Phi) is 9.48. The summed E-state index contributed by atoms with van der Waals surface area (Å²) in [5, 5.41) is 3.49. The number of likely N-dealkylation sites (tertiary alicyclic amines) is 1. The molecule has 2 fully saturated rings. The molecule has 0 atom stereocenters. The van der Waals surface area contributed by atoms with Gasteiger partial charge in [-0.05, 0) is 32.6 Å². The molecule has 7 heteroatoms. The first-order valence-corrected chi connectivity index (χ1v) is 9.31. The number of guanidine groups is 1. The first-order valence-electron chi connectivity index (χ1n) is 9.31. The lowest BCUT2D eigenvalue weighted by Crippen LogP contribution is -2.52. The van der Waals surface area contributed by atoms with Crippen LogP contribution in [0.3, 0.4) is 0 Å². The Morgan fingerprint density at radius 1 is 1.28 bits per heavy atom. The highest BCUT2D eigenvalue weighted by atomic mass is 127. The van der Waals surface area contributed by atoms with Crippen LogP contribution < -0.4 is 5.32 Å². The minimum Gasteiger partial charge on any atom is -0.378 e. The second-order valence-electron chi connectivity index (χ2n) is 7.23. The fourth-order valence-electron chi connectivity index (χ4n) is 4.04. The van der Waals surface area contributed by atoms with Gasteiger partial charge in [0.05, 0.1) is 11.5 Å². The van der Waals surface area contributed by atoms with Crippen LogP contribution in [0.2, 0.25) is 0 Å². The van der Waals surface area contributed by atoms with Gasteiger partial charge in [-0.2, -0.15) is 0 Å². The summed E-state index contributed by atoms with van der Waals surface area (Å²) in [5.74, 6) is 1.17. The molecule has 0 unspecified atom stereocenters. The Morgan fingerprint density at radius 2 is 1.88 bits per heavy atom. The molecular weight excluding hydrogens is 431 g/mol. The normalized spacial score (nSPS) is 21.0. The van der Waals surface area contributed by atoms with E-state index in [1.54, 1.807) is 4.90 Å². The van der Waals surface area contributed by atoms with Crippen molar-refractivity contribution in [2.75, 3.05) is 47.4 Å².